The number of hydrogen-bond donors (Lipinski definition) is 1. The Kier molecular flexibility index (Phi) is 6.91. The molecule has 0 spiro atoms. The van der Waals surface area contributed by atoms with Gasteiger partial charge in [-0.1, -0.05) is 26.0 Å². The second-order valence-corrected chi connectivity index (χ2v) is 9.05. The molecule has 0 aliphatic rings. The van der Waals surface area contributed by atoms with Gasteiger partial charge in [-0.2, -0.15) is 4.31 Å². The largest absolute Gasteiger partial charge is 0.352 e. The van der Waals surface area contributed by atoms with Crippen LogP contribution in [0.1, 0.15) is 36.2 Å². The van der Waals surface area contributed by atoms with E-state index in [1.165, 1.54) is 25.5 Å². The van der Waals surface area contributed by atoms with Crippen LogP contribution in [-0.4, -0.2) is 52.4 Å². The number of fused-ring (bicyclic) bond motifs is 1. The molecule has 31 heavy (non-hydrogen) atoms. The van der Waals surface area contributed by atoms with Crippen LogP contribution in [0.5, 0.6) is 0 Å². The first kappa shape index (κ1) is 22.7. The van der Waals surface area contributed by atoms with E-state index in [-0.39, 0.29) is 16.5 Å². The molecule has 2 heterocycles. The van der Waals surface area contributed by atoms with E-state index < -0.39 is 10.0 Å². The molecule has 2 aromatic heterocycles. The summed E-state index contributed by atoms with van der Waals surface area (Å²) in [5.74, 6) is -0.351. The number of sulfonamides is 1. The average Bonchev–Trinajstić information content (AvgIpc) is 3.07. The molecule has 0 radical (unpaired) electrons. The Morgan fingerprint density at radius 3 is 2.58 bits per heavy atom. The van der Waals surface area contributed by atoms with Gasteiger partial charge in [0.25, 0.3) is 5.91 Å². The number of carbonyl (C=O) groups is 1. The molecule has 0 saturated heterocycles. The number of nitrogens with zero attached hydrogens (tertiary/aromatic N) is 4. The highest BCUT2D eigenvalue weighted by Gasteiger charge is 2.23. The third kappa shape index (κ3) is 4.70. The Morgan fingerprint density at radius 2 is 1.90 bits per heavy atom. The van der Waals surface area contributed by atoms with E-state index in [9.17, 15) is 18.0 Å². The maximum Gasteiger partial charge on any atom is 0.350 e. The molecule has 3 aromatic rings. The van der Waals surface area contributed by atoms with Crippen molar-refractivity contribution in [2.24, 2.45) is 0 Å². The summed E-state index contributed by atoms with van der Waals surface area (Å²) in [6.45, 7) is 6.71. The van der Waals surface area contributed by atoms with Gasteiger partial charge >= 0.3 is 5.69 Å². The third-order valence-corrected chi connectivity index (χ3v) is 7.16. The van der Waals surface area contributed by atoms with Gasteiger partial charge < -0.3 is 5.32 Å². The van der Waals surface area contributed by atoms with Crippen LogP contribution in [0.3, 0.4) is 0 Å². The van der Waals surface area contributed by atoms with Crippen molar-refractivity contribution in [3.63, 3.8) is 0 Å². The Balaban J connectivity index is 1.66. The highest BCUT2D eigenvalue weighted by Crippen LogP contribution is 2.19. The fraction of sp³-hybridized carbons (Fsp3) is 0.381. The predicted octanol–water partition coefficient (Wildman–Crippen LogP) is 1.66. The van der Waals surface area contributed by atoms with Crippen molar-refractivity contribution >= 4 is 21.6 Å². The maximum absolute atomic E-state index is 12.8. The number of aromatic nitrogens is 3. The highest BCUT2D eigenvalue weighted by molar-refractivity contribution is 7.89. The zero-order valence-corrected chi connectivity index (χ0v) is 18.7. The molecule has 0 fully saturated rings. The van der Waals surface area contributed by atoms with Crippen LogP contribution in [0.4, 0.5) is 0 Å². The predicted molar refractivity (Wildman–Crippen MR) is 118 cm³/mol. The van der Waals surface area contributed by atoms with Crippen molar-refractivity contribution in [1.82, 2.24) is 23.8 Å². The van der Waals surface area contributed by atoms with Crippen LogP contribution in [0, 0.1) is 6.92 Å². The normalized spacial score (nSPS) is 11.9. The summed E-state index contributed by atoms with van der Waals surface area (Å²) < 4.78 is 29.7. The van der Waals surface area contributed by atoms with Crippen LogP contribution < -0.4 is 11.0 Å². The lowest BCUT2D eigenvalue weighted by atomic mass is 10.1. The summed E-state index contributed by atoms with van der Waals surface area (Å²) in [7, 11) is -3.65. The lowest BCUT2D eigenvalue weighted by molar-refractivity contribution is 0.0951. The zero-order chi connectivity index (χ0) is 22.6. The van der Waals surface area contributed by atoms with Gasteiger partial charge in [0.05, 0.1) is 4.90 Å². The van der Waals surface area contributed by atoms with Gasteiger partial charge in [-0.3, -0.25) is 9.20 Å². The van der Waals surface area contributed by atoms with Crippen molar-refractivity contribution in [2.45, 2.75) is 38.6 Å². The van der Waals surface area contributed by atoms with Gasteiger partial charge in [-0.05, 0) is 43.2 Å². The molecule has 9 nitrogen and oxygen atoms in total. The van der Waals surface area contributed by atoms with Crippen LogP contribution >= 0.6 is 0 Å². The summed E-state index contributed by atoms with van der Waals surface area (Å²) in [5.41, 5.74) is 1.34. The van der Waals surface area contributed by atoms with Gasteiger partial charge in [-0.25, -0.2) is 17.9 Å². The molecular weight excluding hydrogens is 418 g/mol. The first-order chi connectivity index (χ1) is 14.8. The van der Waals surface area contributed by atoms with Gasteiger partial charge in [-0.15, -0.1) is 5.10 Å². The monoisotopic (exact) mass is 445 g/mol. The number of nitrogens with one attached hydrogen (secondary N) is 1. The van der Waals surface area contributed by atoms with Crippen molar-refractivity contribution in [3.8, 4) is 0 Å². The lowest BCUT2D eigenvalue weighted by Crippen LogP contribution is -2.31. The van der Waals surface area contributed by atoms with Gasteiger partial charge in [0.15, 0.2) is 5.65 Å². The van der Waals surface area contributed by atoms with Crippen LogP contribution in [0.2, 0.25) is 0 Å². The standard InChI is InChI=1S/C21H27N5O4S/c1-4-24(5-2)31(29,30)17-11-10-16(3)18(15-17)20(27)22-12-8-14-26-21(28)25-13-7-6-9-19(25)23-26/h6-7,9-11,13,15H,4-5,8,12,14H2,1-3H3,(H,22,27). The quantitative estimate of drug-likeness (QED) is 0.504. The summed E-state index contributed by atoms with van der Waals surface area (Å²) in [6.07, 6.45) is 2.16. The van der Waals surface area contributed by atoms with Crippen molar-refractivity contribution in [1.29, 1.82) is 0 Å². The van der Waals surface area contributed by atoms with Crippen molar-refractivity contribution in [3.05, 3.63) is 64.2 Å². The molecule has 1 aromatic carbocycles. The van der Waals surface area contributed by atoms with E-state index >= 15 is 0 Å². The number of aryl methyl sites for hydroxylation is 2. The molecule has 0 unspecified atom stereocenters. The number of amides is 1. The van der Waals surface area contributed by atoms with Gasteiger partial charge in [0, 0.05) is 37.9 Å². The SMILES string of the molecule is CCN(CC)S(=O)(=O)c1ccc(C)c(C(=O)NCCCn2nc3ccccn3c2=O)c1. The molecule has 0 aliphatic heterocycles. The molecule has 166 valence electrons. The van der Waals surface area contributed by atoms with Crippen LogP contribution in [0.25, 0.3) is 5.65 Å². The minimum atomic E-state index is -3.65. The van der Waals surface area contributed by atoms with Crippen LogP contribution in [-0.2, 0) is 16.6 Å². The van der Waals surface area contributed by atoms with E-state index in [1.54, 1.807) is 45.2 Å². The number of carbonyl (C=O) groups excluding carboxylic acids is 1. The van der Waals surface area contributed by atoms with E-state index in [0.717, 1.165) is 0 Å². The smallest absolute Gasteiger partial charge is 0.350 e. The van der Waals surface area contributed by atoms with E-state index in [2.05, 4.69) is 10.4 Å². The Hall–Kier alpha value is -2.98. The minimum Gasteiger partial charge on any atom is -0.352 e. The molecule has 0 bridgehead atoms. The molecule has 3 rings (SSSR count). The second kappa shape index (κ2) is 9.44. The van der Waals surface area contributed by atoms with E-state index in [0.29, 0.717) is 49.4 Å². The number of hydrogen-bond acceptors (Lipinski definition) is 5. The summed E-state index contributed by atoms with van der Waals surface area (Å²) in [4.78, 5) is 25.0. The number of pyridine rings is 1. The Morgan fingerprint density at radius 1 is 1.16 bits per heavy atom. The molecular formula is C21H27N5O4S. The zero-order valence-electron chi connectivity index (χ0n) is 17.9. The fourth-order valence-electron chi connectivity index (χ4n) is 3.36. The summed E-state index contributed by atoms with van der Waals surface area (Å²) >= 11 is 0. The van der Waals surface area contributed by atoms with Crippen LogP contribution in [0.15, 0.2) is 52.3 Å². The second-order valence-electron chi connectivity index (χ2n) is 7.11. The first-order valence-electron chi connectivity index (χ1n) is 10.2. The topological polar surface area (TPSA) is 106 Å². The molecule has 10 heteroatoms. The van der Waals surface area contributed by atoms with E-state index in [4.69, 9.17) is 0 Å². The van der Waals surface area contributed by atoms with E-state index in [1.807, 2.05) is 6.07 Å². The summed E-state index contributed by atoms with van der Waals surface area (Å²) in [5, 5.41) is 7.06. The Labute approximate surface area is 181 Å². The maximum atomic E-state index is 12.8. The third-order valence-electron chi connectivity index (χ3n) is 5.12. The lowest BCUT2D eigenvalue weighted by Gasteiger charge is -2.19. The molecule has 0 aliphatic carbocycles. The van der Waals surface area contributed by atoms with Gasteiger partial charge in [0.2, 0.25) is 10.0 Å². The molecule has 0 saturated carbocycles. The average molecular weight is 446 g/mol. The number of rotatable bonds is 9. The van der Waals surface area contributed by atoms with Gasteiger partial charge in [0.1, 0.15) is 0 Å². The molecule has 1 N–H and O–H groups in total. The Bertz CT molecular complexity index is 1240. The fourth-order valence-corrected chi connectivity index (χ4v) is 4.84. The van der Waals surface area contributed by atoms with Crippen molar-refractivity contribution in [2.75, 3.05) is 19.6 Å². The molecule has 0 atom stereocenters. The number of benzene rings is 1. The summed E-state index contributed by atoms with van der Waals surface area (Å²) in [6, 6.07) is 9.91. The first-order valence-corrected chi connectivity index (χ1v) is 11.7. The minimum absolute atomic E-state index is 0.100. The van der Waals surface area contributed by atoms with Crippen molar-refractivity contribution < 1.29 is 13.2 Å². The molecule has 1 amide bonds. The highest BCUT2D eigenvalue weighted by atomic mass is 32.2.